The molecular weight excluding hydrogens is 172 g/mol. The minimum absolute atomic E-state index is 0.0648. The molecule has 1 N–H and O–H groups in total. The standard InChI is InChI=1S/C8H3BFNO2/c9-3-1-2-4(10)6-5(3)7(12)8(13)11-6/h1-2H,(H,11,12,13). The van der Waals surface area contributed by atoms with Crippen LogP contribution in [0.3, 0.4) is 0 Å². The Morgan fingerprint density at radius 3 is 2.62 bits per heavy atom. The largest absolute Gasteiger partial charge is 0.316 e. The lowest BCUT2D eigenvalue weighted by Gasteiger charge is -2.01. The minimum Gasteiger partial charge on any atom is -0.316 e. The lowest BCUT2D eigenvalue weighted by Crippen LogP contribution is -2.17. The molecule has 0 aromatic heterocycles. The number of benzene rings is 1. The summed E-state index contributed by atoms with van der Waals surface area (Å²) in [6, 6.07) is 2.36. The van der Waals surface area contributed by atoms with Crippen LogP contribution in [0.5, 0.6) is 0 Å². The highest BCUT2D eigenvalue weighted by Gasteiger charge is 2.31. The molecule has 1 aromatic rings. The summed E-state index contributed by atoms with van der Waals surface area (Å²) in [5.41, 5.74) is -0.0697. The van der Waals surface area contributed by atoms with Gasteiger partial charge in [0.2, 0.25) is 0 Å². The Morgan fingerprint density at radius 2 is 2.00 bits per heavy atom. The molecule has 0 saturated heterocycles. The van der Waals surface area contributed by atoms with E-state index in [0.717, 1.165) is 6.07 Å². The highest BCUT2D eigenvalue weighted by molar-refractivity contribution is 6.56. The van der Waals surface area contributed by atoms with Crippen molar-refractivity contribution in [1.82, 2.24) is 0 Å². The normalized spacial score (nSPS) is 14.2. The molecule has 1 aliphatic rings. The molecule has 1 aromatic carbocycles. The number of nitrogens with one attached hydrogen (secondary N) is 1. The van der Waals surface area contributed by atoms with Gasteiger partial charge >= 0.3 is 0 Å². The van der Waals surface area contributed by atoms with Gasteiger partial charge in [-0.3, -0.25) is 9.59 Å². The first-order chi connectivity index (χ1) is 6.11. The fraction of sp³-hybridized carbons (Fsp3) is 0. The first-order valence-corrected chi connectivity index (χ1v) is 3.55. The molecule has 1 amide bonds. The predicted octanol–water partition coefficient (Wildman–Crippen LogP) is -0.246. The molecule has 0 atom stereocenters. The molecule has 13 heavy (non-hydrogen) atoms. The molecule has 5 heteroatoms. The van der Waals surface area contributed by atoms with E-state index in [1.54, 1.807) is 0 Å². The molecule has 0 saturated carbocycles. The van der Waals surface area contributed by atoms with Crippen molar-refractivity contribution in [2.75, 3.05) is 5.32 Å². The van der Waals surface area contributed by atoms with E-state index in [2.05, 4.69) is 5.32 Å². The van der Waals surface area contributed by atoms with Crippen LogP contribution in [0.15, 0.2) is 12.1 Å². The van der Waals surface area contributed by atoms with Gasteiger partial charge in [-0.25, -0.2) is 4.39 Å². The van der Waals surface area contributed by atoms with Crippen LogP contribution in [0, 0.1) is 5.82 Å². The number of ketones is 1. The molecule has 0 aliphatic carbocycles. The maximum Gasteiger partial charge on any atom is 0.296 e. The molecule has 0 unspecified atom stereocenters. The number of anilines is 1. The quantitative estimate of drug-likeness (QED) is 0.436. The summed E-state index contributed by atoms with van der Waals surface area (Å²) in [6.07, 6.45) is 0. The second kappa shape index (κ2) is 2.42. The van der Waals surface area contributed by atoms with E-state index in [1.807, 2.05) is 0 Å². The van der Waals surface area contributed by atoms with E-state index >= 15 is 0 Å². The molecule has 1 aliphatic heterocycles. The number of hydrogen-bond donors (Lipinski definition) is 1. The Kier molecular flexibility index (Phi) is 1.48. The second-order valence-corrected chi connectivity index (χ2v) is 2.67. The van der Waals surface area contributed by atoms with Gasteiger partial charge in [0.15, 0.2) is 0 Å². The Hall–Kier alpha value is -1.65. The Bertz CT molecular complexity index is 430. The number of fused-ring (bicyclic) bond motifs is 1. The van der Waals surface area contributed by atoms with Gasteiger partial charge in [0.25, 0.3) is 11.7 Å². The number of amides is 1. The number of halogens is 1. The lowest BCUT2D eigenvalue weighted by atomic mass is 9.89. The van der Waals surface area contributed by atoms with Crippen molar-refractivity contribution in [3.8, 4) is 0 Å². The molecule has 0 fully saturated rings. The zero-order valence-corrected chi connectivity index (χ0v) is 6.43. The van der Waals surface area contributed by atoms with Gasteiger partial charge < -0.3 is 5.32 Å². The third-order valence-electron chi connectivity index (χ3n) is 1.86. The van der Waals surface area contributed by atoms with Crippen molar-refractivity contribution < 1.29 is 14.0 Å². The fourth-order valence-corrected chi connectivity index (χ4v) is 1.24. The van der Waals surface area contributed by atoms with E-state index in [4.69, 9.17) is 7.85 Å². The van der Waals surface area contributed by atoms with E-state index in [1.165, 1.54) is 6.07 Å². The maximum atomic E-state index is 13.0. The van der Waals surface area contributed by atoms with Gasteiger partial charge in [-0.2, -0.15) is 0 Å². The number of carbonyl (C=O) groups excluding carboxylic acids is 2. The zero-order valence-electron chi connectivity index (χ0n) is 6.43. The molecule has 2 radical (unpaired) electrons. The average molecular weight is 175 g/mol. The number of rotatable bonds is 0. The molecule has 0 bridgehead atoms. The Balaban J connectivity index is 2.75. The van der Waals surface area contributed by atoms with E-state index in [0.29, 0.717) is 0 Å². The number of Topliss-reactive ketones (excluding diaryl/α,β-unsaturated/α-hetero) is 1. The van der Waals surface area contributed by atoms with Crippen LogP contribution in [0.2, 0.25) is 0 Å². The minimum atomic E-state index is -0.841. The van der Waals surface area contributed by atoms with Crippen molar-refractivity contribution in [2.45, 2.75) is 0 Å². The third kappa shape index (κ3) is 0.966. The predicted molar refractivity (Wildman–Crippen MR) is 44.7 cm³/mol. The fourth-order valence-electron chi connectivity index (χ4n) is 1.24. The topological polar surface area (TPSA) is 46.2 Å². The Morgan fingerprint density at radius 1 is 1.31 bits per heavy atom. The van der Waals surface area contributed by atoms with Crippen LogP contribution in [-0.2, 0) is 4.79 Å². The van der Waals surface area contributed by atoms with E-state index in [9.17, 15) is 14.0 Å². The molecule has 3 nitrogen and oxygen atoms in total. The molecule has 1 heterocycles. The summed E-state index contributed by atoms with van der Waals surface area (Å²) < 4.78 is 13.0. The first kappa shape index (κ1) is 7.98. The van der Waals surface area contributed by atoms with Crippen molar-refractivity contribution >= 4 is 30.7 Å². The summed E-state index contributed by atoms with van der Waals surface area (Å²) in [4.78, 5) is 22.0. The first-order valence-electron chi connectivity index (χ1n) is 3.55. The third-order valence-corrected chi connectivity index (χ3v) is 1.86. The van der Waals surface area contributed by atoms with Crippen molar-refractivity contribution in [3.05, 3.63) is 23.5 Å². The summed E-state index contributed by atoms with van der Waals surface area (Å²) in [7, 11) is 5.41. The molecule has 0 spiro atoms. The van der Waals surface area contributed by atoms with Crippen LogP contribution in [-0.4, -0.2) is 19.5 Å². The van der Waals surface area contributed by atoms with Gasteiger partial charge in [0, 0.05) is 5.56 Å². The van der Waals surface area contributed by atoms with Gasteiger partial charge in [0.1, 0.15) is 13.7 Å². The number of hydrogen-bond acceptors (Lipinski definition) is 2. The van der Waals surface area contributed by atoms with Crippen LogP contribution >= 0.6 is 0 Å². The molecule has 62 valence electrons. The van der Waals surface area contributed by atoms with Crippen molar-refractivity contribution in [3.63, 3.8) is 0 Å². The highest BCUT2D eigenvalue weighted by Crippen LogP contribution is 2.23. The van der Waals surface area contributed by atoms with E-state index in [-0.39, 0.29) is 16.7 Å². The van der Waals surface area contributed by atoms with Crippen LogP contribution in [0.25, 0.3) is 0 Å². The van der Waals surface area contributed by atoms with E-state index < -0.39 is 17.5 Å². The summed E-state index contributed by atoms with van der Waals surface area (Å²) in [6.45, 7) is 0. The van der Waals surface area contributed by atoms with Crippen LogP contribution < -0.4 is 10.8 Å². The summed E-state index contributed by atoms with van der Waals surface area (Å²) in [5.74, 6) is -2.28. The second-order valence-electron chi connectivity index (χ2n) is 2.67. The summed E-state index contributed by atoms with van der Waals surface area (Å²) >= 11 is 0. The number of carbonyl (C=O) groups is 2. The zero-order chi connectivity index (χ0) is 9.59. The van der Waals surface area contributed by atoms with Crippen LogP contribution in [0.1, 0.15) is 10.4 Å². The summed E-state index contributed by atoms with van der Waals surface area (Å²) in [5, 5.41) is 2.11. The smallest absolute Gasteiger partial charge is 0.296 e. The average Bonchev–Trinajstić information content (AvgIpc) is 2.38. The van der Waals surface area contributed by atoms with Gasteiger partial charge in [-0.15, -0.1) is 0 Å². The van der Waals surface area contributed by atoms with Crippen molar-refractivity contribution in [2.24, 2.45) is 0 Å². The Labute approximate surface area is 74.3 Å². The lowest BCUT2D eigenvalue weighted by molar-refractivity contribution is -0.112. The molecular formula is C8H3BFNO2. The SMILES string of the molecule is [B]c1ccc(F)c2c1C(=O)C(=O)N2. The highest BCUT2D eigenvalue weighted by atomic mass is 19.1. The maximum absolute atomic E-state index is 13.0. The monoisotopic (exact) mass is 175 g/mol. The van der Waals surface area contributed by atoms with Gasteiger partial charge in [-0.1, -0.05) is 11.5 Å². The van der Waals surface area contributed by atoms with Gasteiger partial charge in [0.05, 0.1) is 5.69 Å². The van der Waals surface area contributed by atoms with Crippen molar-refractivity contribution in [1.29, 1.82) is 0 Å². The van der Waals surface area contributed by atoms with Gasteiger partial charge in [-0.05, 0) is 6.07 Å². The molecule has 2 rings (SSSR count). The van der Waals surface area contributed by atoms with Crippen LogP contribution in [0.4, 0.5) is 10.1 Å².